The SMILES string of the molecule is COC(=O)/C(C)=C\CC[C@H](C)C1=C2CC[C@@H]3[C@@]4(C)CCC(=O)C(C)(C)[C@@H]4C[C@@H](O)[C@@]3(C)[C@]2(C)CC1. The van der Waals surface area contributed by atoms with E-state index in [9.17, 15) is 14.7 Å². The third-order valence-electron chi connectivity index (χ3n) is 11.9. The summed E-state index contributed by atoms with van der Waals surface area (Å²) < 4.78 is 4.83. The van der Waals surface area contributed by atoms with Gasteiger partial charge in [0.1, 0.15) is 5.78 Å². The first-order chi connectivity index (χ1) is 16.2. The van der Waals surface area contributed by atoms with Gasteiger partial charge in [0.25, 0.3) is 0 Å². The Hall–Kier alpha value is -1.42. The number of hydrogen-bond acceptors (Lipinski definition) is 4. The molecule has 0 aromatic rings. The van der Waals surface area contributed by atoms with Gasteiger partial charge in [-0.25, -0.2) is 4.79 Å². The van der Waals surface area contributed by atoms with Gasteiger partial charge in [0, 0.05) is 22.8 Å². The first-order valence-corrected chi connectivity index (χ1v) is 13.9. The van der Waals surface area contributed by atoms with Crippen molar-refractivity contribution in [2.75, 3.05) is 7.11 Å². The summed E-state index contributed by atoms with van der Waals surface area (Å²) >= 11 is 0. The molecule has 196 valence electrons. The van der Waals surface area contributed by atoms with Crippen molar-refractivity contribution < 1.29 is 19.4 Å². The van der Waals surface area contributed by atoms with Crippen molar-refractivity contribution in [1.82, 2.24) is 0 Å². The van der Waals surface area contributed by atoms with Gasteiger partial charge in [0.2, 0.25) is 0 Å². The quantitative estimate of drug-likeness (QED) is 0.264. The van der Waals surface area contributed by atoms with Gasteiger partial charge < -0.3 is 9.84 Å². The molecule has 0 aromatic heterocycles. The van der Waals surface area contributed by atoms with Crippen molar-refractivity contribution in [3.8, 4) is 0 Å². The van der Waals surface area contributed by atoms with Gasteiger partial charge >= 0.3 is 5.97 Å². The van der Waals surface area contributed by atoms with Gasteiger partial charge in [-0.1, -0.05) is 58.8 Å². The van der Waals surface area contributed by atoms with Crippen LogP contribution in [0.5, 0.6) is 0 Å². The lowest BCUT2D eigenvalue weighted by molar-refractivity contribution is -0.222. The van der Waals surface area contributed by atoms with Crippen molar-refractivity contribution >= 4 is 11.8 Å². The number of aliphatic hydroxyl groups excluding tert-OH is 1. The number of fused-ring (bicyclic) bond motifs is 5. The highest BCUT2D eigenvalue weighted by Crippen LogP contribution is 2.74. The number of ketones is 1. The maximum absolute atomic E-state index is 12.9. The normalized spacial score (nSPS) is 41.7. The molecule has 1 N–H and O–H groups in total. The Kier molecular flexibility index (Phi) is 6.74. The number of esters is 1. The van der Waals surface area contributed by atoms with Crippen molar-refractivity contribution in [3.63, 3.8) is 0 Å². The predicted octanol–water partition coefficient (Wildman–Crippen LogP) is 6.81. The molecular formula is C31H48O4. The Bertz CT molecular complexity index is 957. The average molecular weight is 485 g/mol. The number of carbonyl (C=O) groups excluding carboxylic acids is 2. The molecule has 0 heterocycles. The molecule has 7 atom stereocenters. The van der Waals surface area contributed by atoms with Crippen LogP contribution >= 0.6 is 0 Å². The average Bonchev–Trinajstić information content (AvgIpc) is 3.16. The van der Waals surface area contributed by atoms with Crippen molar-refractivity contribution in [3.05, 3.63) is 22.8 Å². The summed E-state index contributed by atoms with van der Waals surface area (Å²) in [5, 5.41) is 11.9. The van der Waals surface area contributed by atoms with Crippen LogP contribution in [0.15, 0.2) is 22.8 Å². The largest absolute Gasteiger partial charge is 0.466 e. The van der Waals surface area contributed by atoms with E-state index in [0.717, 1.165) is 51.4 Å². The second kappa shape index (κ2) is 8.85. The zero-order chi connectivity index (χ0) is 26.0. The Labute approximate surface area is 213 Å². The van der Waals surface area contributed by atoms with Gasteiger partial charge in [-0.15, -0.1) is 0 Å². The zero-order valence-electron chi connectivity index (χ0n) is 23.4. The second-order valence-electron chi connectivity index (χ2n) is 13.5. The van der Waals surface area contributed by atoms with Gasteiger partial charge in [-0.2, -0.15) is 0 Å². The maximum Gasteiger partial charge on any atom is 0.333 e. The standard InChI is InChI=1S/C31H48O4/c1-19(10-9-11-20(2)27(34)35-8)21-14-17-30(6)22(21)12-13-23-29(5)16-15-25(32)28(3,4)24(29)18-26(33)31(23,30)7/h11,19,23-24,26,33H,9-10,12-18H2,1-8H3/b20-11-/t19-,23+,24-,26+,29+,30+,31-/m0/s1. The number of methoxy groups -OCH3 is 1. The summed E-state index contributed by atoms with van der Waals surface area (Å²) in [6.45, 7) is 15.7. The van der Waals surface area contributed by atoms with Crippen LogP contribution in [0.4, 0.5) is 0 Å². The molecule has 0 saturated heterocycles. The lowest BCUT2D eigenvalue weighted by Crippen LogP contribution is -2.67. The van der Waals surface area contributed by atoms with Crippen molar-refractivity contribution in [1.29, 1.82) is 0 Å². The maximum atomic E-state index is 12.9. The Balaban J connectivity index is 1.63. The molecule has 0 spiro atoms. The van der Waals surface area contributed by atoms with E-state index in [4.69, 9.17) is 4.74 Å². The summed E-state index contributed by atoms with van der Waals surface area (Å²) in [7, 11) is 1.43. The van der Waals surface area contributed by atoms with Crippen LogP contribution in [0.3, 0.4) is 0 Å². The van der Waals surface area contributed by atoms with E-state index in [1.165, 1.54) is 7.11 Å². The number of Topliss-reactive ketones (excluding diaryl/α,β-unsaturated/α-hetero) is 1. The van der Waals surface area contributed by atoms with E-state index in [2.05, 4.69) is 41.5 Å². The van der Waals surface area contributed by atoms with Crippen LogP contribution in [0.1, 0.15) is 106 Å². The fourth-order valence-corrected chi connectivity index (χ4v) is 9.52. The Morgan fingerprint density at radius 1 is 1.11 bits per heavy atom. The molecule has 4 aliphatic rings. The van der Waals surface area contributed by atoms with E-state index in [-0.39, 0.29) is 39.7 Å². The van der Waals surface area contributed by atoms with Crippen molar-refractivity contribution in [2.24, 2.45) is 39.4 Å². The minimum absolute atomic E-state index is 0.0102. The zero-order valence-corrected chi connectivity index (χ0v) is 23.4. The molecule has 4 aliphatic carbocycles. The number of carbonyl (C=O) groups is 2. The van der Waals surface area contributed by atoms with Gasteiger partial charge in [-0.3, -0.25) is 4.79 Å². The van der Waals surface area contributed by atoms with E-state index in [1.807, 2.05) is 13.0 Å². The van der Waals surface area contributed by atoms with Crippen LogP contribution in [-0.2, 0) is 14.3 Å². The minimum Gasteiger partial charge on any atom is -0.466 e. The highest BCUT2D eigenvalue weighted by Gasteiger charge is 2.69. The smallest absolute Gasteiger partial charge is 0.333 e. The molecule has 0 radical (unpaired) electrons. The van der Waals surface area contributed by atoms with E-state index < -0.39 is 0 Å². The summed E-state index contributed by atoms with van der Waals surface area (Å²) in [5.41, 5.74) is 3.51. The molecule has 4 rings (SSSR count). The molecule has 0 amide bonds. The highest BCUT2D eigenvalue weighted by atomic mass is 16.5. The van der Waals surface area contributed by atoms with Crippen molar-refractivity contribution in [2.45, 2.75) is 112 Å². The number of ether oxygens (including phenoxy) is 1. The molecule has 3 saturated carbocycles. The van der Waals surface area contributed by atoms with Gasteiger partial charge in [-0.05, 0) is 86.9 Å². The van der Waals surface area contributed by atoms with E-state index in [1.54, 1.807) is 11.1 Å². The molecule has 4 heteroatoms. The van der Waals surface area contributed by atoms with Crippen LogP contribution in [0.25, 0.3) is 0 Å². The lowest BCUT2D eigenvalue weighted by atomic mass is 9.35. The number of rotatable bonds is 5. The third kappa shape index (κ3) is 3.71. The van der Waals surface area contributed by atoms with Crippen LogP contribution < -0.4 is 0 Å². The predicted molar refractivity (Wildman–Crippen MR) is 140 cm³/mol. The first-order valence-electron chi connectivity index (χ1n) is 13.9. The van der Waals surface area contributed by atoms with E-state index >= 15 is 0 Å². The summed E-state index contributed by atoms with van der Waals surface area (Å²) in [6.07, 6.45) is 10.4. The molecule has 4 nitrogen and oxygen atoms in total. The molecule has 3 fully saturated rings. The van der Waals surface area contributed by atoms with Gasteiger partial charge in [0.05, 0.1) is 13.2 Å². The Morgan fingerprint density at radius 2 is 1.80 bits per heavy atom. The third-order valence-corrected chi connectivity index (χ3v) is 11.9. The van der Waals surface area contributed by atoms with E-state index in [0.29, 0.717) is 29.6 Å². The molecule has 0 bridgehead atoms. The fourth-order valence-electron chi connectivity index (χ4n) is 9.52. The molecule has 0 unspecified atom stereocenters. The van der Waals surface area contributed by atoms with Crippen LogP contribution in [0.2, 0.25) is 0 Å². The lowest BCUT2D eigenvalue weighted by Gasteiger charge is -2.69. The molecular weight excluding hydrogens is 436 g/mol. The number of aliphatic hydroxyl groups is 1. The first kappa shape index (κ1) is 26.6. The second-order valence-corrected chi connectivity index (χ2v) is 13.5. The molecule has 0 aliphatic heterocycles. The number of hydrogen-bond donors (Lipinski definition) is 1. The summed E-state index contributed by atoms with van der Waals surface area (Å²) in [5.74, 6) is 1.30. The highest BCUT2D eigenvalue weighted by molar-refractivity contribution is 5.87. The monoisotopic (exact) mass is 484 g/mol. The minimum atomic E-state index is -0.378. The Morgan fingerprint density at radius 3 is 2.46 bits per heavy atom. The summed E-state index contributed by atoms with van der Waals surface area (Å²) in [6, 6.07) is 0. The number of allylic oxidation sites excluding steroid dienone is 3. The summed E-state index contributed by atoms with van der Waals surface area (Å²) in [4.78, 5) is 24.6. The molecule has 0 aromatic carbocycles. The van der Waals surface area contributed by atoms with Crippen LogP contribution in [0, 0.1) is 39.4 Å². The van der Waals surface area contributed by atoms with Gasteiger partial charge in [0.15, 0.2) is 0 Å². The molecule has 35 heavy (non-hydrogen) atoms. The topological polar surface area (TPSA) is 63.6 Å². The fraction of sp³-hybridized carbons (Fsp3) is 0.806. The van der Waals surface area contributed by atoms with Crippen LogP contribution in [-0.4, -0.2) is 30.1 Å².